The van der Waals surface area contributed by atoms with Gasteiger partial charge in [-0.2, -0.15) is 0 Å². The Bertz CT molecular complexity index is 1260. The van der Waals surface area contributed by atoms with E-state index in [1.807, 2.05) is 41.0 Å². The van der Waals surface area contributed by atoms with Crippen molar-refractivity contribution in [3.63, 3.8) is 0 Å². The number of hydrogen-bond donors (Lipinski definition) is 2. The van der Waals surface area contributed by atoms with Gasteiger partial charge in [-0.05, 0) is 48.9 Å². The number of imide groups is 1. The molecule has 0 bridgehead atoms. The number of aromatic nitrogens is 3. The molecule has 1 heterocycles. The third-order valence-corrected chi connectivity index (χ3v) is 6.00. The van der Waals surface area contributed by atoms with Crippen molar-refractivity contribution in [2.75, 3.05) is 5.32 Å². The predicted molar refractivity (Wildman–Crippen MR) is 130 cm³/mol. The fraction of sp³-hybridized carbons (Fsp3) is 0.120. The van der Waals surface area contributed by atoms with Crippen molar-refractivity contribution >= 4 is 29.4 Å². The van der Waals surface area contributed by atoms with Crippen molar-refractivity contribution < 1.29 is 14.0 Å². The normalized spacial score (nSPS) is 11.6. The average molecular weight is 476 g/mol. The Morgan fingerprint density at radius 2 is 1.59 bits per heavy atom. The first-order valence-electron chi connectivity index (χ1n) is 10.6. The number of hydrogen-bond acceptors (Lipinski definition) is 5. The van der Waals surface area contributed by atoms with E-state index in [-0.39, 0.29) is 5.82 Å². The molecule has 1 aromatic heterocycles. The molecule has 0 spiro atoms. The number of thioether (sulfide) groups is 1. The van der Waals surface area contributed by atoms with E-state index in [0.717, 1.165) is 5.56 Å². The minimum Gasteiger partial charge on any atom is -0.308 e. The van der Waals surface area contributed by atoms with Crippen molar-refractivity contribution in [3.8, 4) is 11.4 Å². The second kappa shape index (κ2) is 10.8. The summed E-state index contributed by atoms with van der Waals surface area (Å²) >= 11 is 1.19. The van der Waals surface area contributed by atoms with Gasteiger partial charge in [0, 0.05) is 11.3 Å². The number of rotatable bonds is 7. The van der Waals surface area contributed by atoms with Gasteiger partial charge in [0.25, 0.3) is 0 Å². The maximum absolute atomic E-state index is 13.4. The SMILES string of the molecule is CC(Sc1nnc(-c2ccc(F)cc2)n1Cc1ccccc1)C(=O)NC(=O)Nc1ccccc1. The molecule has 3 aromatic carbocycles. The number of amides is 3. The van der Waals surface area contributed by atoms with Crippen LogP contribution >= 0.6 is 11.8 Å². The third-order valence-electron chi connectivity index (χ3n) is 4.92. The van der Waals surface area contributed by atoms with E-state index < -0.39 is 17.2 Å². The van der Waals surface area contributed by atoms with Crippen LogP contribution in [0.15, 0.2) is 90.1 Å². The Balaban J connectivity index is 1.51. The van der Waals surface area contributed by atoms with Crippen LogP contribution in [0.25, 0.3) is 11.4 Å². The summed E-state index contributed by atoms with van der Waals surface area (Å²) in [6, 6.07) is 24.0. The molecule has 0 aliphatic carbocycles. The predicted octanol–water partition coefficient (Wildman–Crippen LogP) is 4.96. The number of urea groups is 1. The van der Waals surface area contributed by atoms with Gasteiger partial charge in [-0.15, -0.1) is 10.2 Å². The number of halogens is 1. The quantitative estimate of drug-likeness (QED) is 0.369. The lowest BCUT2D eigenvalue weighted by molar-refractivity contribution is -0.119. The number of anilines is 1. The van der Waals surface area contributed by atoms with Crippen molar-refractivity contribution in [2.45, 2.75) is 23.9 Å². The van der Waals surface area contributed by atoms with Crippen LogP contribution in [-0.2, 0) is 11.3 Å². The van der Waals surface area contributed by atoms with Gasteiger partial charge in [-0.25, -0.2) is 9.18 Å². The van der Waals surface area contributed by atoms with Gasteiger partial charge >= 0.3 is 6.03 Å². The third kappa shape index (κ3) is 5.87. The van der Waals surface area contributed by atoms with E-state index in [2.05, 4.69) is 20.8 Å². The highest BCUT2D eigenvalue weighted by Gasteiger charge is 2.22. The second-order valence-electron chi connectivity index (χ2n) is 7.45. The molecule has 0 saturated carbocycles. The smallest absolute Gasteiger partial charge is 0.308 e. The molecule has 0 saturated heterocycles. The van der Waals surface area contributed by atoms with E-state index in [1.165, 1.54) is 23.9 Å². The van der Waals surface area contributed by atoms with Gasteiger partial charge < -0.3 is 5.32 Å². The molecule has 0 radical (unpaired) electrons. The van der Waals surface area contributed by atoms with E-state index in [9.17, 15) is 14.0 Å². The molecule has 2 N–H and O–H groups in total. The van der Waals surface area contributed by atoms with Crippen LogP contribution in [0.3, 0.4) is 0 Å². The fourth-order valence-corrected chi connectivity index (χ4v) is 4.05. The minimum absolute atomic E-state index is 0.341. The maximum atomic E-state index is 13.4. The van der Waals surface area contributed by atoms with Gasteiger partial charge in [0.2, 0.25) is 5.91 Å². The van der Waals surface area contributed by atoms with Crippen molar-refractivity contribution in [1.29, 1.82) is 0 Å². The fourth-order valence-electron chi connectivity index (χ4n) is 3.21. The Labute approximate surface area is 200 Å². The molecule has 34 heavy (non-hydrogen) atoms. The molecular formula is C25H22FN5O2S. The van der Waals surface area contributed by atoms with Crippen molar-refractivity contribution in [3.05, 3.63) is 96.3 Å². The number of benzene rings is 3. The summed E-state index contributed by atoms with van der Waals surface area (Å²) in [5.41, 5.74) is 2.31. The highest BCUT2D eigenvalue weighted by atomic mass is 32.2. The maximum Gasteiger partial charge on any atom is 0.325 e. The van der Waals surface area contributed by atoms with Gasteiger partial charge in [-0.3, -0.25) is 14.7 Å². The molecule has 172 valence electrons. The lowest BCUT2D eigenvalue weighted by atomic mass is 10.2. The molecule has 7 nitrogen and oxygen atoms in total. The monoisotopic (exact) mass is 475 g/mol. The topological polar surface area (TPSA) is 88.9 Å². The molecule has 9 heteroatoms. The van der Waals surface area contributed by atoms with Crippen LogP contribution in [0, 0.1) is 5.82 Å². The lowest BCUT2D eigenvalue weighted by Crippen LogP contribution is -2.39. The number of nitrogens with zero attached hydrogens (tertiary/aromatic N) is 3. The molecule has 0 fully saturated rings. The Hall–Kier alpha value is -3.98. The Kier molecular flexibility index (Phi) is 7.34. The lowest BCUT2D eigenvalue weighted by Gasteiger charge is -2.14. The van der Waals surface area contributed by atoms with E-state index >= 15 is 0 Å². The van der Waals surface area contributed by atoms with Gasteiger partial charge in [0.1, 0.15) is 5.82 Å². The van der Waals surface area contributed by atoms with Gasteiger partial charge in [-0.1, -0.05) is 60.3 Å². The highest BCUT2D eigenvalue weighted by Crippen LogP contribution is 2.28. The number of nitrogens with one attached hydrogen (secondary N) is 2. The van der Waals surface area contributed by atoms with Crippen molar-refractivity contribution in [2.24, 2.45) is 0 Å². The first-order valence-corrected chi connectivity index (χ1v) is 11.4. The average Bonchev–Trinajstić information content (AvgIpc) is 3.22. The molecule has 1 unspecified atom stereocenters. The van der Waals surface area contributed by atoms with Gasteiger partial charge in [0.15, 0.2) is 11.0 Å². The molecule has 0 aliphatic rings. The highest BCUT2D eigenvalue weighted by molar-refractivity contribution is 8.00. The van der Waals surface area contributed by atoms with Crippen LogP contribution < -0.4 is 10.6 Å². The summed E-state index contributed by atoms with van der Waals surface area (Å²) in [6.07, 6.45) is 0. The largest absolute Gasteiger partial charge is 0.325 e. The Morgan fingerprint density at radius 3 is 2.26 bits per heavy atom. The zero-order valence-corrected chi connectivity index (χ0v) is 19.1. The molecule has 1 atom stereocenters. The molecule has 0 aliphatic heterocycles. The second-order valence-corrected chi connectivity index (χ2v) is 8.76. The van der Waals surface area contributed by atoms with Crippen LogP contribution in [0.2, 0.25) is 0 Å². The number of carbonyl (C=O) groups is 2. The first-order chi connectivity index (χ1) is 16.5. The van der Waals surface area contributed by atoms with Crippen molar-refractivity contribution in [1.82, 2.24) is 20.1 Å². The zero-order chi connectivity index (χ0) is 23.9. The zero-order valence-electron chi connectivity index (χ0n) is 18.3. The summed E-state index contributed by atoms with van der Waals surface area (Å²) in [4.78, 5) is 24.8. The molecule has 4 rings (SSSR count). The van der Waals surface area contributed by atoms with Crippen LogP contribution in [0.1, 0.15) is 12.5 Å². The van der Waals surface area contributed by atoms with E-state index in [1.54, 1.807) is 43.3 Å². The van der Waals surface area contributed by atoms with Crippen LogP contribution in [0.5, 0.6) is 0 Å². The summed E-state index contributed by atoms with van der Waals surface area (Å²) in [5.74, 6) is -0.247. The number of para-hydroxylation sites is 1. The summed E-state index contributed by atoms with van der Waals surface area (Å²) in [5, 5.41) is 13.4. The Morgan fingerprint density at radius 1 is 0.941 bits per heavy atom. The molecular weight excluding hydrogens is 453 g/mol. The van der Waals surface area contributed by atoms with Crippen LogP contribution in [-0.4, -0.2) is 32.0 Å². The van der Waals surface area contributed by atoms with E-state index in [0.29, 0.717) is 28.8 Å². The first kappa shape index (κ1) is 23.2. The summed E-state index contributed by atoms with van der Waals surface area (Å²) in [7, 11) is 0. The summed E-state index contributed by atoms with van der Waals surface area (Å²) < 4.78 is 15.3. The molecule has 3 amide bonds. The molecule has 4 aromatic rings. The minimum atomic E-state index is -0.624. The standard InChI is InChI=1S/C25H22FN5O2S/c1-17(23(32)28-24(33)27-21-10-6-3-7-11-21)34-25-30-29-22(19-12-14-20(26)15-13-19)31(25)16-18-8-4-2-5-9-18/h2-15,17H,16H2,1H3,(H2,27,28,32,33). The van der Waals surface area contributed by atoms with Crippen LogP contribution in [0.4, 0.5) is 14.9 Å². The van der Waals surface area contributed by atoms with E-state index in [4.69, 9.17) is 0 Å². The number of carbonyl (C=O) groups excluding carboxylic acids is 2. The van der Waals surface area contributed by atoms with Gasteiger partial charge in [0.05, 0.1) is 11.8 Å². The summed E-state index contributed by atoms with van der Waals surface area (Å²) in [6.45, 7) is 2.15.